The van der Waals surface area contributed by atoms with Crippen molar-refractivity contribution in [3.05, 3.63) is 18.0 Å². The van der Waals surface area contributed by atoms with Crippen LogP contribution in [0.2, 0.25) is 0 Å². The Hall–Kier alpha value is -1.07. The van der Waals surface area contributed by atoms with E-state index in [1.165, 1.54) is 38.5 Å². The van der Waals surface area contributed by atoms with Gasteiger partial charge in [0.05, 0.1) is 6.04 Å². The summed E-state index contributed by atoms with van der Waals surface area (Å²) < 4.78 is 1.96. The Labute approximate surface area is 151 Å². The van der Waals surface area contributed by atoms with Crippen molar-refractivity contribution in [1.82, 2.24) is 20.4 Å². The van der Waals surface area contributed by atoms with E-state index in [-0.39, 0.29) is 18.3 Å². The SMILES string of the molecule is CCCCC(NC(=O)c1ccn(C2CCCNC2)n1)C1CCC1.Cl. The molecule has 0 aromatic carbocycles. The number of unbranched alkanes of at least 4 members (excludes halogenated alkanes) is 1. The molecule has 6 heteroatoms. The minimum atomic E-state index is 0. The van der Waals surface area contributed by atoms with E-state index >= 15 is 0 Å². The van der Waals surface area contributed by atoms with Crippen LogP contribution < -0.4 is 10.6 Å². The van der Waals surface area contributed by atoms with Crippen LogP contribution in [0, 0.1) is 5.92 Å². The summed E-state index contributed by atoms with van der Waals surface area (Å²) in [6, 6.07) is 2.58. The number of hydrogen-bond donors (Lipinski definition) is 2. The Bertz CT molecular complexity index is 509. The molecule has 2 N–H and O–H groups in total. The Morgan fingerprint density at radius 1 is 1.42 bits per heavy atom. The van der Waals surface area contributed by atoms with Crippen molar-refractivity contribution in [2.45, 2.75) is 70.4 Å². The Kier molecular flexibility index (Phi) is 7.56. The number of nitrogens with zero attached hydrogens (tertiary/aromatic N) is 2. The first-order valence-corrected chi connectivity index (χ1v) is 9.34. The largest absolute Gasteiger partial charge is 0.348 e. The molecule has 1 aromatic rings. The molecule has 2 unspecified atom stereocenters. The summed E-state index contributed by atoms with van der Waals surface area (Å²) >= 11 is 0. The summed E-state index contributed by atoms with van der Waals surface area (Å²) in [6.45, 7) is 4.25. The molecule has 0 radical (unpaired) electrons. The number of rotatable bonds is 7. The normalized spacial score (nSPS) is 22.3. The molecule has 2 heterocycles. The van der Waals surface area contributed by atoms with Gasteiger partial charge >= 0.3 is 0 Å². The zero-order valence-corrected chi connectivity index (χ0v) is 15.5. The second-order valence-corrected chi connectivity index (χ2v) is 7.09. The lowest BCUT2D eigenvalue weighted by molar-refractivity contribution is 0.0888. The zero-order valence-electron chi connectivity index (χ0n) is 14.7. The molecule has 2 atom stereocenters. The molecular weight excluding hydrogens is 324 g/mol. The van der Waals surface area contributed by atoms with E-state index in [9.17, 15) is 4.79 Å². The first-order chi connectivity index (χ1) is 11.3. The van der Waals surface area contributed by atoms with Crippen LogP contribution in [-0.4, -0.2) is 34.8 Å². The molecule has 5 nitrogen and oxygen atoms in total. The number of amides is 1. The third kappa shape index (κ3) is 4.73. The van der Waals surface area contributed by atoms with Crippen LogP contribution in [-0.2, 0) is 0 Å². The highest BCUT2D eigenvalue weighted by Gasteiger charge is 2.29. The van der Waals surface area contributed by atoms with Crippen LogP contribution in [0.25, 0.3) is 0 Å². The molecule has 0 spiro atoms. The van der Waals surface area contributed by atoms with Crippen LogP contribution in [0.5, 0.6) is 0 Å². The smallest absolute Gasteiger partial charge is 0.272 e. The molecule has 1 amide bonds. The number of halogens is 1. The second-order valence-electron chi connectivity index (χ2n) is 7.09. The van der Waals surface area contributed by atoms with Gasteiger partial charge in [0.15, 0.2) is 0 Å². The Morgan fingerprint density at radius 3 is 2.88 bits per heavy atom. The molecule has 2 aliphatic rings. The fourth-order valence-electron chi connectivity index (χ4n) is 3.66. The first-order valence-electron chi connectivity index (χ1n) is 9.34. The monoisotopic (exact) mass is 354 g/mol. The predicted octanol–water partition coefficient (Wildman–Crippen LogP) is 3.32. The molecule has 3 rings (SSSR count). The lowest BCUT2D eigenvalue weighted by atomic mass is 9.78. The number of piperidine rings is 1. The third-order valence-electron chi connectivity index (χ3n) is 5.39. The number of hydrogen-bond acceptors (Lipinski definition) is 3. The van der Waals surface area contributed by atoms with Crippen molar-refractivity contribution >= 4 is 18.3 Å². The molecule has 1 saturated heterocycles. The van der Waals surface area contributed by atoms with Crippen molar-refractivity contribution in [2.75, 3.05) is 13.1 Å². The molecule has 0 bridgehead atoms. The van der Waals surface area contributed by atoms with E-state index in [2.05, 4.69) is 22.7 Å². The molecular formula is C18H31ClN4O. The minimum absolute atomic E-state index is 0. The predicted molar refractivity (Wildman–Crippen MR) is 98.7 cm³/mol. The van der Waals surface area contributed by atoms with Crippen molar-refractivity contribution in [3.8, 4) is 0 Å². The van der Waals surface area contributed by atoms with Gasteiger partial charge in [-0.05, 0) is 50.6 Å². The Morgan fingerprint density at radius 2 is 2.25 bits per heavy atom. The molecule has 1 aliphatic heterocycles. The average Bonchev–Trinajstić information content (AvgIpc) is 3.02. The van der Waals surface area contributed by atoms with Gasteiger partial charge in [0, 0.05) is 18.8 Å². The van der Waals surface area contributed by atoms with Crippen LogP contribution >= 0.6 is 12.4 Å². The zero-order chi connectivity index (χ0) is 16.1. The highest BCUT2D eigenvalue weighted by molar-refractivity contribution is 5.92. The molecule has 2 fully saturated rings. The van der Waals surface area contributed by atoms with Gasteiger partial charge in [-0.15, -0.1) is 12.4 Å². The van der Waals surface area contributed by atoms with Crippen molar-refractivity contribution < 1.29 is 4.79 Å². The van der Waals surface area contributed by atoms with Gasteiger partial charge in [0.25, 0.3) is 5.91 Å². The highest BCUT2D eigenvalue weighted by Crippen LogP contribution is 2.31. The quantitative estimate of drug-likeness (QED) is 0.789. The summed E-state index contributed by atoms with van der Waals surface area (Å²) in [5.41, 5.74) is 0.566. The van der Waals surface area contributed by atoms with E-state index in [4.69, 9.17) is 0 Å². The van der Waals surface area contributed by atoms with Crippen molar-refractivity contribution in [2.24, 2.45) is 5.92 Å². The fraction of sp³-hybridized carbons (Fsp3) is 0.778. The van der Waals surface area contributed by atoms with Crippen LogP contribution in [0.15, 0.2) is 12.3 Å². The Balaban J connectivity index is 0.00000208. The lowest BCUT2D eigenvalue weighted by Gasteiger charge is -2.34. The molecule has 1 aliphatic carbocycles. The third-order valence-corrected chi connectivity index (χ3v) is 5.39. The van der Waals surface area contributed by atoms with Gasteiger partial charge < -0.3 is 10.6 Å². The second kappa shape index (κ2) is 9.42. The number of carbonyl (C=O) groups is 1. The average molecular weight is 355 g/mol. The standard InChI is InChI=1S/C18H30N4O.ClH/c1-2-3-9-16(14-6-4-7-14)20-18(23)17-10-12-22(21-17)15-8-5-11-19-13-15;/h10,12,14-16,19H,2-9,11,13H2,1H3,(H,20,23);1H. The van der Waals surface area contributed by atoms with E-state index in [0.717, 1.165) is 25.9 Å². The topological polar surface area (TPSA) is 59.0 Å². The van der Waals surface area contributed by atoms with Gasteiger partial charge in [-0.1, -0.05) is 26.2 Å². The number of carbonyl (C=O) groups excluding carboxylic acids is 1. The minimum Gasteiger partial charge on any atom is -0.348 e. The molecule has 1 aromatic heterocycles. The van der Waals surface area contributed by atoms with Gasteiger partial charge in [0.2, 0.25) is 0 Å². The van der Waals surface area contributed by atoms with Crippen molar-refractivity contribution in [1.29, 1.82) is 0 Å². The van der Waals surface area contributed by atoms with E-state index in [1.54, 1.807) is 0 Å². The van der Waals surface area contributed by atoms with E-state index in [0.29, 0.717) is 23.7 Å². The summed E-state index contributed by atoms with van der Waals surface area (Å²) in [5.74, 6) is 0.677. The van der Waals surface area contributed by atoms with E-state index < -0.39 is 0 Å². The van der Waals surface area contributed by atoms with Gasteiger partial charge in [-0.2, -0.15) is 5.10 Å². The van der Waals surface area contributed by atoms with Crippen LogP contribution in [0.3, 0.4) is 0 Å². The van der Waals surface area contributed by atoms with E-state index in [1.807, 2.05) is 16.9 Å². The van der Waals surface area contributed by atoms with Gasteiger partial charge in [-0.3, -0.25) is 9.48 Å². The van der Waals surface area contributed by atoms with Crippen molar-refractivity contribution in [3.63, 3.8) is 0 Å². The maximum Gasteiger partial charge on any atom is 0.272 e. The first kappa shape index (κ1) is 19.3. The molecule has 24 heavy (non-hydrogen) atoms. The highest BCUT2D eigenvalue weighted by atomic mass is 35.5. The maximum atomic E-state index is 12.6. The lowest BCUT2D eigenvalue weighted by Crippen LogP contribution is -2.43. The summed E-state index contributed by atoms with van der Waals surface area (Å²) in [4.78, 5) is 12.6. The summed E-state index contributed by atoms with van der Waals surface area (Å²) in [6.07, 6.45) is 11.6. The summed E-state index contributed by atoms with van der Waals surface area (Å²) in [7, 11) is 0. The molecule has 1 saturated carbocycles. The fourth-order valence-corrected chi connectivity index (χ4v) is 3.66. The number of nitrogens with one attached hydrogen (secondary N) is 2. The van der Waals surface area contributed by atoms with Gasteiger partial charge in [0.1, 0.15) is 5.69 Å². The van der Waals surface area contributed by atoms with Crippen LogP contribution in [0.4, 0.5) is 0 Å². The van der Waals surface area contributed by atoms with Crippen LogP contribution in [0.1, 0.15) is 74.8 Å². The maximum absolute atomic E-state index is 12.6. The number of aromatic nitrogens is 2. The summed E-state index contributed by atoms with van der Waals surface area (Å²) in [5, 5.41) is 11.2. The van der Waals surface area contributed by atoms with Gasteiger partial charge in [-0.25, -0.2) is 0 Å². The molecule has 136 valence electrons.